The Hall–Kier alpha value is -2.29. The van der Waals surface area contributed by atoms with E-state index in [1.165, 1.54) is 0 Å². The van der Waals surface area contributed by atoms with Crippen molar-refractivity contribution in [3.05, 3.63) is 59.7 Å². The maximum absolute atomic E-state index is 12.2. The molecule has 0 saturated heterocycles. The number of Topliss-reactive ketones (excluding diaryl/α,β-unsaturated/α-hetero) is 1. The molecule has 0 unspecified atom stereocenters. The molecule has 110 valence electrons. The Labute approximate surface area is 125 Å². The van der Waals surface area contributed by atoms with Gasteiger partial charge in [0.05, 0.1) is 13.2 Å². The zero-order valence-electron chi connectivity index (χ0n) is 12.6. The number of methoxy groups -OCH3 is 1. The van der Waals surface area contributed by atoms with Gasteiger partial charge in [0.15, 0.2) is 5.78 Å². The SMILES string of the molecule is COc1ccc(CC(=O)c2ccc(OC(C)C)cc2)cc1. The first-order valence-corrected chi connectivity index (χ1v) is 7.01. The first-order chi connectivity index (χ1) is 10.1. The van der Waals surface area contributed by atoms with E-state index in [0.29, 0.717) is 12.0 Å². The first kappa shape index (κ1) is 15.1. The number of ketones is 1. The molecular weight excluding hydrogens is 264 g/mol. The van der Waals surface area contributed by atoms with Crippen LogP contribution < -0.4 is 9.47 Å². The number of carbonyl (C=O) groups is 1. The maximum Gasteiger partial charge on any atom is 0.167 e. The zero-order chi connectivity index (χ0) is 15.2. The van der Waals surface area contributed by atoms with Crippen LogP contribution in [0.3, 0.4) is 0 Å². The molecule has 0 amide bonds. The maximum atomic E-state index is 12.2. The van der Waals surface area contributed by atoms with Gasteiger partial charge in [0, 0.05) is 12.0 Å². The summed E-state index contributed by atoms with van der Waals surface area (Å²) < 4.78 is 10.7. The third-order valence-electron chi connectivity index (χ3n) is 3.07. The average Bonchev–Trinajstić information content (AvgIpc) is 2.48. The van der Waals surface area contributed by atoms with E-state index in [9.17, 15) is 4.79 Å². The summed E-state index contributed by atoms with van der Waals surface area (Å²) in [6.07, 6.45) is 0.514. The van der Waals surface area contributed by atoms with Gasteiger partial charge in [-0.1, -0.05) is 12.1 Å². The molecule has 0 radical (unpaired) electrons. The fourth-order valence-corrected chi connectivity index (χ4v) is 2.02. The average molecular weight is 284 g/mol. The topological polar surface area (TPSA) is 35.5 Å². The molecule has 0 N–H and O–H groups in total. The van der Waals surface area contributed by atoms with Gasteiger partial charge in [-0.2, -0.15) is 0 Å². The number of rotatable bonds is 6. The molecule has 21 heavy (non-hydrogen) atoms. The Morgan fingerprint density at radius 1 is 0.952 bits per heavy atom. The lowest BCUT2D eigenvalue weighted by atomic mass is 10.0. The monoisotopic (exact) mass is 284 g/mol. The molecule has 0 saturated carbocycles. The van der Waals surface area contributed by atoms with Crippen molar-refractivity contribution in [2.24, 2.45) is 0 Å². The second-order valence-corrected chi connectivity index (χ2v) is 5.14. The van der Waals surface area contributed by atoms with Crippen LogP contribution in [0.15, 0.2) is 48.5 Å². The van der Waals surface area contributed by atoms with Gasteiger partial charge in [-0.3, -0.25) is 4.79 Å². The Kier molecular flexibility index (Phi) is 4.99. The Balaban J connectivity index is 2.02. The van der Waals surface area contributed by atoms with Gasteiger partial charge in [0.25, 0.3) is 0 Å². The summed E-state index contributed by atoms with van der Waals surface area (Å²) in [7, 11) is 1.63. The third kappa shape index (κ3) is 4.35. The summed E-state index contributed by atoms with van der Waals surface area (Å²) in [6.45, 7) is 3.95. The van der Waals surface area contributed by atoms with E-state index in [0.717, 1.165) is 17.1 Å². The number of benzene rings is 2. The molecule has 3 nitrogen and oxygen atoms in total. The summed E-state index contributed by atoms with van der Waals surface area (Å²) in [5.41, 5.74) is 1.67. The van der Waals surface area contributed by atoms with Crippen LogP contribution in [0, 0.1) is 0 Å². The quantitative estimate of drug-likeness (QED) is 0.754. The molecular formula is C18H20O3. The van der Waals surface area contributed by atoms with E-state index in [1.807, 2.05) is 62.4 Å². The van der Waals surface area contributed by atoms with E-state index >= 15 is 0 Å². The van der Waals surface area contributed by atoms with Crippen molar-refractivity contribution < 1.29 is 14.3 Å². The molecule has 0 heterocycles. The fourth-order valence-electron chi connectivity index (χ4n) is 2.02. The van der Waals surface area contributed by atoms with Crippen molar-refractivity contribution in [3.8, 4) is 11.5 Å². The normalized spacial score (nSPS) is 10.5. The van der Waals surface area contributed by atoms with Crippen LogP contribution in [-0.2, 0) is 6.42 Å². The van der Waals surface area contributed by atoms with E-state index < -0.39 is 0 Å². The molecule has 0 spiro atoms. The predicted octanol–water partition coefficient (Wildman–Crippen LogP) is 3.91. The molecule has 0 bridgehead atoms. The van der Waals surface area contributed by atoms with Crippen LogP contribution in [0.25, 0.3) is 0 Å². The van der Waals surface area contributed by atoms with Crippen molar-refractivity contribution in [2.75, 3.05) is 7.11 Å². The van der Waals surface area contributed by atoms with Crippen LogP contribution in [0.2, 0.25) is 0 Å². The lowest BCUT2D eigenvalue weighted by Gasteiger charge is -2.10. The van der Waals surface area contributed by atoms with Crippen molar-refractivity contribution in [3.63, 3.8) is 0 Å². The van der Waals surface area contributed by atoms with Crippen LogP contribution in [0.5, 0.6) is 11.5 Å². The Morgan fingerprint density at radius 3 is 2.05 bits per heavy atom. The minimum Gasteiger partial charge on any atom is -0.497 e. The van der Waals surface area contributed by atoms with Crippen molar-refractivity contribution in [1.29, 1.82) is 0 Å². The molecule has 2 aromatic carbocycles. The smallest absolute Gasteiger partial charge is 0.167 e. The number of carbonyl (C=O) groups excluding carboxylic acids is 1. The standard InChI is InChI=1S/C18H20O3/c1-13(2)21-17-10-6-15(7-11-17)18(19)12-14-4-8-16(20-3)9-5-14/h4-11,13H,12H2,1-3H3. The van der Waals surface area contributed by atoms with Gasteiger partial charge >= 0.3 is 0 Å². The summed E-state index contributed by atoms with van der Waals surface area (Å²) in [6, 6.07) is 14.8. The van der Waals surface area contributed by atoms with Gasteiger partial charge in [0.2, 0.25) is 0 Å². The van der Waals surface area contributed by atoms with Crippen molar-refractivity contribution in [2.45, 2.75) is 26.4 Å². The van der Waals surface area contributed by atoms with Gasteiger partial charge in [-0.05, 0) is 55.8 Å². The third-order valence-corrected chi connectivity index (χ3v) is 3.07. The molecule has 0 aromatic heterocycles. The second-order valence-electron chi connectivity index (χ2n) is 5.14. The van der Waals surface area contributed by atoms with Crippen molar-refractivity contribution in [1.82, 2.24) is 0 Å². The molecule has 3 heteroatoms. The van der Waals surface area contributed by atoms with Gasteiger partial charge < -0.3 is 9.47 Å². The molecule has 0 aliphatic heterocycles. The van der Waals surface area contributed by atoms with Crippen LogP contribution in [0.1, 0.15) is 29.8 Å². The van der Waals surface area contributed by atoms with Gasteiger partial charge in [0.1, 0.15) is 11.5 Å². The molecule has 0 fully saturated rings. The largest absolute Gasteiger partial charge is 0.497 e. The molecule has 0 atom stereocenters. The minimum absolute atomic E-state index is 0.0938. The lowest BCUT2D eigenvalue weighted by molar-refractivity contribution is 0.0993. The molecule has 2 rings (SSSR count). The molecule has 0 aliphatic carbocycles. The Bertz CT molecular complexity index is 583. The summed E-state index contributed by atoms with van der Waals surface area (Å²) >= 11 is 0. The summed E-state index contributed by atoms with van der Waals surface area (Å²) in [5.74, 6) is 1.67. The van der Waals surface area contributed by atoms with E-state index in [-0.39, 0.29) is 11.9 Å². The van der Waals surface area contributed by atoms with E-state index in [2.05, 4.69) is 0 Å². The fraction of sp³-hybridized carbons (Fsp3) is 0.278. The Morgan fingerprint density at radius 2 is 1.52 bits per heavy atom. The predicted molar refractivity (Wildman–Crippen MR) is 83.2 cm³/mol. The number of ether oxygens (including phenoxy) is 2. The minimum atomic E-state index is 0.0938. The highest BCUT2D eigenvalue weighted by molar-refractivity contribution is 5.97. The lowest BCUT2D eigenvalue weighted by Crippen LogP contribution is -2.06. The second kappa shape index (κ2) is 6.93. The van der Waals surface area contributed by atoms with E-state index in [1.54, 1.807) is 7.11 Å². The summed E-state index contributed by atoms with van der Waals surface area (Å²) in [5, 5.41) is 0. The molecule has 0 aliphatic rings. The van der Waals surface area contributed by atoms with Crippen molar-refractivity contribution >= 4 is 5.78 Å². The number of hydrogen-bond acceptors (Lipinski definition) is 3. The first-order valence-electron chi connectivity index (χ1n) is 7.01. The summed E-state index contributed by atoms with van der Waals surface area (Å²) in [4.78, 5) is 12.2. The highest BCUT2D eigenvalue weighted by Crippen LogP contribution is 2.17. The van der Waals surface area contributed by atoms with Gasteiger partial charge in [-0.15, -0.1) is 0 Å². The molecule has 2 aromatic rings. The highest BCUT2D eigenvalue weighted by Gasteiger charge is 2.08. The van der Waals surface area contributed by atoms with Gasteiger partial charge in [-0.25, -0.2) is 0 Å². The van der Waals surface area contributed by atoms with Crippen LogP contribution >= 0.6 is 0 Å². The van der Waals surface area contributed by atoms with E-state index in [4.69, 9.17) is 9.47 Å². The number of hydrogen-bond donors (Lipinski definition) is 0. The highest BCUT2D eigenvalue weighted by atomic mass is 16.5. The zero-order valence-corrected chi connectivity index (χ0v) is 12.6. The van der Waals surface area contributed by atoms with Crippen LogP contribution in [0.4, 0.5) is 0 Å². The van der Waals surface area contributed by atoms with Crippen LogP contribution in [-0.4, -0.2) is 19.0 Å².